The Kier molecular flexibility index (Phi) is 5.25. The van der Waals surface area contributed by atoms with Gasteiger partial charge in [-0.2, -0.15) is 0 Å². The molecule has 6 heteroatoms. The largest absolute Gasteiger partial charge is 0.508 e. The molecule has 0 bridgehead atoms. The maximum Gasteiger partial charge on any atom is 0.228 e. The highest BCUT2D eigenvalue weighted by Gasteiger charge is 2.12. The number of nitrogens with one attached hydrogen (secondary N) is 1. The Bertz CT molecular complexity index is 674. The minimum absolute atomic E-state index is 0.0947. The summed E-state index contributed by atoms with van der Waals surface area (Å²) in [7, 11) is 1.56. The third-order valence-electron chi connectivity index (χ3n) is 2.86. The van der Waals surface area contributed by atoms with Crippen LogP contribution in [-0.2, 0) is 11.2 Å². The van der Waals surface area contributed by atoms with Crippen molar-refractivity contribution in [2.45, 2.75) is 6.42 Å². The van der Waals surface area contributed by atoms with Gasteiger partial charge in [0, 0.05) is 16.1 Å². The van der Waals surface area contributed by atoms with Crippen molar-refractivity contribution in [3.05, 3.63) is 50.9 Å². The van der Waals surface area contributed by atoms with Gasteiger partial charge in [0.05, 0.1) is 23.7 Å². The van der Waals surface area contributed by atoms with E-state index in [1.54, 1.807) is 43.5 Å². The van der Waals surface area contributed by atoms with Gasteiger partial charge >= 0.3 is 0 Å². The summed E-state index contributed by atoms with van der Waals surface area (Å²) in [5.41, 5.74) is 1.19. The number of phenolic OH excluding ortho intramolecular Hbond substituents is 1. The fourth-order valence-corrected chi connectivity index (χ4v) is 3.06. The maximum atomic E-state index is 12.1. The van der Waals surface area contributed by atoms with E-state index >= 15 is 0 Å². The van der Waals surface area contributed by atoms with Crippen molar-refractivity contribution in [3.8, 4) is 11.5 Å². The van der Waals surface area contributed by atoms with Crippen LogP contribution in [0.1, 0.15) is 5.56 Å². The van der Waals surface area contributed by atoms with Crippen LogP contribution in [0.15, 0.2) is 45.3 Å². The highest BCUT2D eigenvalue weighted by atomic mass is 79.9. The Balaban J connectivity index is 2.15. The lowest BCUT2D eigenvalue weighted by Gasteiger charge is -2.11. The van der Waals surface area contributed by atoms with Crippen LogP contribution in [0, 0.1) is 0 Å². The van der Waals surface area contributed by atoms with Gasteiger partial charge in [-0.3, -0.25) is 4.79 Å². The predicted molar refractivity (Wildman–Crippen MR) is 88.8 cm³/mol. The van der Waals surface area contributed by atoms with Gasteiger partial charge < -0.3 is 15.2 Å². The van der Waals surface area contributed by atoms with E-state index in [0.29, 0.717) is 17.0 Å². The van der Waals surface area contributed by atoms with Gasteiger partial charge in [0.15, 0.2) is 0 Å². The van der Waals surface area contributed by atoms with Crippen LogP contribution in [0.2, 0.25) is 0 Å². The number of carbonyl (C=O) groups is 1. The number of halogens is 2. The van der Waals surface area contributed by atoms with E-state index in [4.69, 9.17) is 4.74 Å². The van der Waals surface area contributed by atoms with Crippen LogP contribution in [0.5, 0.6) is 11.5 Å². The van der Waals surface area contributed by atoms with Crippen molar-refractivity contribution >= 4 is 43.5 Å². The summed E-state index contributed by atoms with van der Waals surface area (Å²) in [6.45, 7) is 0. The molecule has 1 amide bonds. The van der Waals surface area contributed by atoms with Crippen molar-refractivity contribution in [2.75, 3.05) is 12.4 Å². The van der Waals surface area contributed by atoms with E-state index < -0.39 is 0 Å². The molecule has 0 spiro atoms. The zero-order valence-corrected chi connectivity index (χ0v) is 14.4. The summed E-state index contributed by atoms with van der Waals surface area (Å²) < 4.78 is 6.73. The lowest BCUT2D eigenvalue weighted by Crippen LogP contribution is -2.15. The van der Waals surface area contributed by atoms with Crippen molar-refractivity contribution < 1.29 is 14.6 Å². The van der Waals surface area contributed by atoms with E-state index in [2.05, 4.69) is 37.2 Å². The number of rotatable bonds is 4. The number of hydrogen-bond acceptors (Lipinski definition) is 3. The number of para-hydroxylation sites is 1. The number of methoxy groups -OCH3 is 1. The minimum atomic E-state index is -0.221. The van der Waals surface area contributed by atoms with E-state index in [1.807, 2.05) is 0 Å². The van der Waals surface area contributed by atoms with Gasteiger partial charge in [-0.25, -0.2) is 0 Å². The van der Waals surface area contributed by atoms with Gasteiger partial charge in [-0.05, 0) is 44.0 Å². The summed E-state index contributed by atoms with van der Waals surface area (Å²) in [6.07, 6.45) is 0.0947. The van der Waals surface area contributed by atoms with E-state index in [-0.39, 0.29) is 18.1 Å². The molecule has 0 aromatic heterocycles. The van der Waals surface area contributed by atoms with E-state index in [9.17, 15) is 9.90 Å². The van der Waals surface area contributed by atoms with Crippen LogP contribution in [0.25, 0.3) is 0 Å². The van der Waals surface area contributed by atoms with Crippen LogP contribution in [0.4, 0.5) is 5.69 Å². The molecule has 0 radical (unpaired) electrons. The number of carbonyl (C=O) groups excluding carboxylic acids is 1. The number of aromatic hydroxyl groups is 1. The van der Waals surface area contributed by atoms with Crippen LogP contribution < -0.4 is 10.1 Å². The van der Waals surface area contributed by atoms with E-state index in [1.165, 1.54) is 0 Å². The third kappa shape index (κ3) is 3.98. The standard InChI is InChI=1S/C15H13Br2NO3/c1-21-14-8-12(10(16)7-11(14)17)18-15(20)6-9-4-2-3-5-13(9)19/h2-5,7-8,19H,6H2,1H3,(H,18,20). The Morgan fingerprint density at radius 1 is 1.24 bits per heavy atom. The molecule has 0 aliphatic carbocycles. The highest BCUT2D eigenvalue weighted by molar-refractivity contribution is 9.11. The summed E-state index contributed by atoms with van der Waals surface area (Å²) in [4.78, 5) is 12.1. The number of anilines is 1. The van der Waals surface area contributed by atoms with Gasteiger partial charge in [0.1, 0.15) is 11.5 Å². The molecule has 0 saturated carbocycles. The number of hydrogen-bond donors (Lipinski definition) is 2. The smallest absolute Gasteiger partial charge is 0.228 e. The first-order valence-corrected chi connectivity index (χ1v) is 7.69. The molecule has 0 aliphatic rings. The first-order valence-electron chi connectivity index (χ1n) is 6.11. The topological polar surface area (TPSA) is 58.6 Å². The van der Waals surface area contributed by atoms with Gasteiger partial charge in [0.25, 0.3) is 0 Å². The molecular formula is C15H13Br2NO3. The van der Waals surface area contributed by atoms with E-state index in [0.717, 1.165) is 8.95 Å². The Labute approximate surface area is 139 Å². The van der Waals surface area contributed by atoms with Crippen molar-refractivity contribution in [3.63, 3.8) is 0 Å². The third-order valence-corrected chi connectivity index (χ3v) is 4.13. The molecule has 0 heterocycles. The first-order chi connectivity index (χ1) is 10.0. The molecular weight excluding hydrogens is 402 g/mol. The Morgan fingerprint density at radius 2 is 1.95 bits per heavy atom. The number of benzene rings is 2. The molecule has 0 fully saturated rings. The molecule has 0 unspecified atom stereocenters. The lowest BCUT2D eigenvalue weighted by molar-refractivity contribution is -0.115. The first kappa shape index (κ1) is 15.9. The molecule has 2 aromatic carbocycles. The number of phenols is 1. The van der Waals surface area contributed by atoms with Gasteiger partial charge in [-0.15, -0.1) is 0 Å². The van der Waals surface area contributed by atoms with Crippen molar-refractivity contribution in [1.82, 2.24) is 0 Å². The molecule has 2 rings (SSSR count). The average molecular weight is 415 g/mol. The second-order valence-electron chi connectivity index (χ2n) is 4.32. The monoisotopic (exact) mass is 413 g/mol. The summed E-state index contributed by atoms with van der Waals surface area (Å²) >= 11 is 6.76. The lowest BCUT2D eigenvalue weighted by atomic mass is 10.1. The molecule has 0 aliphatic heterocycles. The second kappa shape index (κ2) is 6.95. The SMILES string of the molecule is COc1cc(NC(=O)Cc2ccccc2O)c(Br)cc1Br. The zero-order chi connectivity index (χ0) is 15.4. The molecule has 21 heavy (non-hydrogen) atoms. The fourth-order valence-electron chi connectivity index (χ4n) is 1.81. The molecule has 0 atom stereocenters. The molecule has 2 N–H and O–H groups in total. The second-order valence-corrected chi connectivity index (χ2v) is 6.03. The zero-order valence-electron chi connectivity index (χ0n) is 11.2. The maximum absolute atomic E-state index is 12.1. The van der Waals surface area contributed by atoms with Crippen LogP contribution in [-0.4, -0.2) is 18.1 Å². The molecule has 4 nitrogen and oxygen atoms in total. The Hall–Kier alpha value is -1.53. The van der Waals surface area contributed by atoms with Crippen LogP contribution in [0.3, 0.4) is 0 Å². The summed E-state index contributed by atoms with van der Waals surface area (Å²) in [5.74, 6) is 0.512. The summed E-state index contributed by atoms with van der Waals surface area (Å²) in [5, 5.41) is 12.5. The Morgan fingerprint density at radius 3 is 2.62 bits per heavy atom. The predicted octanol–water partition coefficient (Wildman–Crippen LogP) is 4.11. The average Bonchev–Trinajstić information content (AvgIpc) is 2.44. The number of ether oxygens (including phenoxy) is 1. The van der Waals surface area contributed by atoms with Crippen LogP contribution >= 0.6 is 31.9 Å². The summed E-state index contributed by atoms with van der Waals surface area (Å²) in [6, 6.07) is 10.3. The molecule has 2 aromatic rings. The normalized spacial score (nSPS) is 10.2. The quantitative estimate of drug-likeness (QED) is 0.791. The van der Waals surface area contributed by atoms with Crippen molar-refractivity contribution in [2.24, 2.45) is 0 Å². The fraction of sp³-hybridized carbons (Fsp3) is 0.133. The number of amides is 1. The highest BCUT2D eigenvalue weighted by Crippen LogP contribution is 2.34. The molecule has 0 saturated heterocycles. The molecule has 110 valence electrons. The van der Waals surface area contributed by atoms with Crippen molar-refractivity contribution in [1.29, 1.82) is 0 Å². The minimum Gasteiger partial charge on any atom is -0.508 e. The van der Waals surface area contributed by atoms with Gasteiger partial charge in [0.2, 0.25) is 5.91 Å². The van der Waals surface area contributed by atoms with Gasteiger partial charge in [-0.1, -0.05) is 18.2 Å².